The summed E-state index contributed by atoms with van der Waals surface area (Å²) in [5.74, 6) is 0.494. The number of hydrogen-bond donors (Lipinski definition) is 0. The van der Waals surface area contributed by atoms with Gasteiger partial charge >= 0.3 is 11.1 Å². The molecule has 0 spiro atoms. The molecule has 2 rings (SSSR count). The van der Waals surface area contributed by atoms with E-state index in [-0.39, 0.29) is 5.92 Å². The molecule has 1 heterocycles. The summed E-state index contributed by atoms with van der Waals surface area (Å²) in [6.07, 6.45) is 0. The second-order valence-corrected chi connectivity index (χ2v) is 6.03. The van der Waals surface area contributed by atoms with Crippen LogP contribution in [0.2, 0.25) is 0 Å². The molecule has 0 saturated heterocycles. The predicted octanol–water partition coefficient (Wildman–Crippen LogP) is 2.80. The number of aromatic nitrogens is 2. The van der Waals surface area contributed by atoms with Gasteiger partial charge in [0.2, 0.25) is 11.7 Å². The van der Waals surface area contributed by atoms with Crippen molar-refractivity contribution in [3.05, 3.63) is 35.7 Å². The number of amides is 1. The molecule has 6 nitrogen and oxygen atoms in total. The van der Waals surface area contributed by atoms with Gasteiger partial charge in [0.05, 0.1) is 0 Å². The highest BCUT2D eigenvalue weighted by atomic mass is 35.5. The van der Waals surface area contributed by atoms with Crippen molar-refractivity contribution in [3.63, 3.8) is 0 Å². The van der Waals surface area contributed by atoms with E-state index in [0.717, 1.165) is 11.1 Å². The Morgan fingerprint density at radius 3 is 2.65 bits per heavy atom. The molecule has 0 N–H and O–H groups in total. The van der Waals surface area contributed by atoms with Crippen LogP contribution < -0.4 is 0 Å². The van der Waals surface area contributed by atoms with Gasteiger partial charge in [-0.05, 0) is 29.1 Å². The van der Waals surface area contributed by atoms with Crippen LogP contribution in [0.1, 0.15) is 25.3 Å². The number of carbonyl (C=O) groups is 2. The lowest BCUT2D eigenvalue weighted by Crippen LogP contribution is -2.36. The van der Waals surface area contributed by atoms with E-state index in [1.807, 2.05) is 38.1 Å². The molecule has 0 radical (unpaired) electrons. The summed E-state index contributed by atoms with van der Waals surface area (Å²) in [5.41, 5.74) is 1.64. The van der Waals surface area contributed by atoms with Crippen LogP contribution in [0, 0.1) is 12.8 Å². The van der Waals surface area contributed by atoms with Crippen molar-refractivity contribution < 1.29 is 14.1 Å². The highest BCUT2D eigenvalue weighted by molar-refractivity contribution is 6.80. The number of nitrogens with zero attached hydrogens (tertiary/aromatic N) is 3. The van der Waals surface area contributed by atoms with Crippen LogP contribution in [0.25, 0.3) is 11.4 Å². The Kier molecular flexibility index (Phi) is 5.50. The van der Waals surface area contributed by atoms with Gasteiger partial charge in [-0.1, -0.05) is 37.2 Å². The molecular formula is C16H18ClN3O3. The van der Waals surface area contributed by atoms with E-state index in [9.17, 15) is 9.59 Å². The molecule has 7 heteroatoms. The fourth-order valence-electron chi connectivity index (χ4n) is 2.23. The SMILES string of the molecule is Cc1nc(-c2cccc(CN(CC(C)C)C(=O)C(=O)Cl)c2)no1. The topological polar surface area (TPSA) is 76.3 Å². The molecule has 1 aromatic carbocycles. The van der Waals surface area contributed by atoms with E-state index < -0.39 is 11.1 Å². The standard InChI is InChI=1S/C16H18ClN3O3/c1-10(2)8-20(16(22)14(17)21)9-12-5-4-6-13(7-12)15-18-11(3)23-19-15/h4-7,10H,8-9H2,1-3H3. The fourth-order valence-corrected chi connectivity index (χ4v) is 2.35. The first-order valence-corrected chi connectivity index (χ1v) is 7.63. The molecule has 0 saturated carbocycles. The zero-order valence-corrected chi connectivity index (χ0v) is 14.0. The highest BCUT2D eigenvalue weighted by Crippen LogP contribution is 2.19. The molecule has 0 fully saturated rings. The lowest BCUT2D eigenvalue weighted by Gasteiger charge is -2.23. The molecule has 0 aliphatic heterocycles. The Morgan fingerprint density at radius 2 is 2.09 bits per heavy atom. The Labute approximate surface area is 139 Å². The van der Waals surface area contributed by atoms with E-state index in [1.165, 1.54) is 4.90 Å². The normalized spacial score (nSPS) is 10.8. The molecule has 122 valence electrons. The van der Waals surface area contributed by atoms with Gasteiger partial charge in [0.15, 0.2) is 0 Å². The lowest BCUT2D eigenvalue weighted by molar-refractivity contribution is -0.141. The van der Waals surface area contributed by atoms with Gasteiger partial charge in [0.25, 0.3) is 0 Å². The molecule has 1 amide bonds. The van der Waals surface area contributed by atoms with Crippen molar-refractivity contribution in [3.8, 4) is 11.4 Å². The van der Waals surface area contributed by atoms with Gasteiger partial charge in [-0.15, -0.1) is 0 Å². The Hall–Kier alpha value is -2.21. The molecule has 0 aliphatic carbocycles. The summed E-state index contributed by atoms with van der Waals surface area (Å²) in [4.78, 5) is 28.8. The van der Waals surface area contributed by atoms with Crippen molar-refractivity contribution in [1.29, 1.82) is 0 Å². The van der Waals surface area contributed by atoms with Crippen molar-refractivity contribution in [2.45, 2.75) is 27.3 Å². The summed E-state index contributed by atoms with van der Waals surface area (Å²) in [7, 11) is 0. The van der Waals surface area contributed by atoms with Crippen LogP contribution in [0.3, 0.4) is 0 Å². The van der Waals surface area contributed by atoms with Crippen molar-refractivity contribution in [2.75, 3.05) is 6.54 Å². The largest absolute Gasteiger partial charge is 0.339 e. The molecule has 0 aliphatic rings. The summed E-state index contributed by atoms with van der Waals surface area (Å²) < 4.78 is 4.97. The van der Waals surface area contributed by atoms with Crippen LogP contribution >= 0.6 is 11.6 Å². The van der Waals surface area contributed by atoms with Gasteiger partial charge in [-0.2, -0.15) is 4.98 Å². The average molecular weight is 336 g/mol. The maximum absolute atomic E-state index is 11.9. The molecule has 2 aromatic rings. The van der Waals surface area contributed by atoms with E-state index in [1.54, 1.807) is 6.92 Å². The van der Waals surface area contributed by atoms with E-state index in [0.29, 0.717) is 24.8 Å². The third-order valence-corrected chi connectivity index (χ3v) is 3.29. The first-order valence-electron chi connectivity index (χ1n) is 7.25. The van der Waals surface area contributed by atoms with Crippen LogP contribution in [-0.4, -0.2) is 32.7 Å². The lowest BCUT2D eigenvalue weighted by atomic mass is 10.1. The zero-order valence-electron chi connectivity index (χ0n) is 13.2. The Balaban J connectivity index is 2.23. The molecule has 23 heavy (non-hydrogen) atoms. The van der Waals surface area contributed by atoms with Gasteiger partial charge < -0.3 is 9.42 Å². The maximum Gasteiger partial charge on any atom is 0.310 e. The van der Waals surface area contributed by atoms with Gasteiger partial charge in [0, 0.05) is 25.6 Å². The van der Waals surface area contributed by atoms with Gasteiger partial charge in [0.1, 0.15) is 0 Å². The minimum atomic E-state index is -0.976. The van der Waals surface area contributed by atoms with E-state index in [4.69, 9.17) is 16.1 Å². The second kappa shape index (κ2) is 7.37. The highest BCUT2D eigenvalue weighted by Gasteiger charge is 2.21. The van der Waals surface area contributed by atoms with E-state index in [2.05, 4.69) is 10.1 Å². The molecule has 0 unspecified atom stereocenters. The third kappa shape index (κ3) is 4.63. The summed E-state index contributed by atoms with van der Waals surface area (Å²) in [6.45, 7) is 6.40. The van der Waals surface area contributed by atoms with Gasteiger partial charge in [-0.3, -0.25) is 9.59 Å². The number of aryl methyl sites for hydroxylation is 1. The minimum Gasteiger partial charge on any atom is -0.339 e. The summed E-state index contributed by atoms with van der Waals surface area (Å²) >= 11 is 5.34. The molecule has 1 aromatic heterocycles. The summed E-state index contributed by atoms with van der Waals surface area (Å²) in [6, 6.07) is 7.44. The second-order valence-electron chi connectivity index (χ2n) is 5.69. The Morgan fingerprint density at radius 1 is 1.35 bits per heavy atom. The minimum absolute atomic E-state index is 0.220. The number of carbonyl (C=O) groups excluding carboxylic acids is 2. The zero-order chi connectivity index (χ0) is 17.0. The maximum atomic E-state index is 11.9. The first kappa shape index (κ1) is 17.1. The van der Waals surface area contributed by atoms with Crippen LogP contribution in [0.15, 0.2) is 28.8 Å². The van der Waals surface area contributed by atoms with Crippen LogP contribution in [0.4, 0.5) is 0 Å². The average Bonchev–Trinajstić information content (AvgIpc) is 2.92. The van der Waals surface area contributed by atoms with Crippen LogP contribution in [0.5, 0.6) is 0 Å². The number of benzene rings is 1. The van der Waals surface area contributed by atoms with E-state index >= 15 is 0 Å². The quantitative estimate of drug-likeness (QED) is 0.599. The van der Waals surface area contributed by atoms with Crippen molar-refractivity contribution in [1.82, 2.24) is 15.0 Å². The summed E-state index contributed by atoms with van der Waals surface area (Å²) in [5, 5.41) is 2.90. The first-order chi connectivity index (χ1) is 10.9. The smallest absolute Gasteiger partial charge is 0.310 e. The predicted molar refractivity (Wildman–Crippen MR) is 85.6 cm³/mol. The number of rotatable bonds is 6. The van der Waals surface area contributed by atoms with Crippen LogP contribution in [-0.2, 0) is 16.1 Å². The number of hydrogen-bond acceptors (Lipinski definition) is 5. The molecule has 0 atom stereocenters. The molecular weight excluding hydrogens is 318 g/mol. The third-order valence-electron chi connectivity index (χ3n) is 3.13. The van der Waals surface area contributed by atoms with Crippen molar-refractivity contribution in [2.24, 2.45) is 5.92 Å². The number of halogens is 1. The molecule has 0 bridgehead atoms. The van der Waals surface area contributed by atoms with Crippen molar-refractivity contribution >= 4 is 22.8 Å². The Bertz CT molecular complexity index is 712. The monoisotopic (exact) mass is 335 g/mol. The fraction of sp³-hybridized carbons (Fsp3) is 0.375. The van der Waals surface area contributed by atoms with Gasteiger partial charge in [-0.25, -0.2) is 0 Å².